The van der Waals surface area contributed by atoms with Gasteiger partial charge in [-0.1, -0.05) is 61.5 Å². The smallest absolute Gasteiger partial charge is 0.312 e. The Morgan fingerprint density at radius 1 is 1.06 bits per heavy atom. The van der Waals surface area contributed by atoms with Crippen molar-refractivity contribution in [2.75, 3.05) is 11.4 Å². The number of aromatic nitrogens is 4. The second-order valence-electron chi connectivity index (χ2n) is 8.82. The number of nitrogens with zero attached hydrogens (tertiary/aromatic N) is 5. The molecule has 7 nitrogen and oxygen atoms in total. The second kappa shape index (κ2) is 8.24. The Morgan fingerprint density at radius 2 is 1.85 bits per heavy atom. The van der Waals surface area contributed by atoms with Crippen LogP contribution in [-0.4, -0.2) is 25.2 Å². The van der Waals surface area contributed by atoms with E-state index in [1.807, 2.05) is 53.1 Å². The fraction of sp³-hybridized carbons (Fsp3) is 0.269. The number of hydrogen-bond acceptors (Lipinski definition) is 4. The lowest BCUT2D eigenvalue weighted by molar-refractivity contribution is 0.458. The summed E-state index contributed by atoms with van der Waals surface area (Å²) < 4.78 is 4.75. The van der Waals surface area contributed by atoms with E-state index in [1.165, 1.54) is 9.13 Å². The van der Waals surface area contributed by atoms with Crippen molar-refractivity contribution in [3.8, 4) is 0 Å². The van der Waals surface area contributed by atoms with Gasteiger partial charge in [0.25, 0.3) is 5.56 Å². The first-order chi connectivity index (χ1) is 15.9. The molecule has 0 spiro atoms. The molecule has 0 radical (unpaired) electrons. The Hall–Kier alpha value is -3.87. The quantitative estimate of drug-likeness (QED) is 0.484. The van der Waals surface area contributed by atoms with E-state index in [9.17, 15) is 9.59 Å². The molecule has 0 amide bonds. The van der Waals surface area contributed by atoms with Crippen LogP contribution in [0.5, 0.6) is 0 Å². The molecule has 0 bridgehead atoms. The molecule has 1 aliphatic rings. The largest absolute Gasteiger partial charge is 0.332 e. The van der Waals surface area contributed by atoms with Gasteiger partial charge in [-0.15, -0.1) is 0 Å². The van der Waals surface area contributed by atoms with Crippen LogP contribution in [0.25, 0.3) is 17.2 Å². The molecule has 3 heterocycles. The second-order valence-corrected chi connectivity index (χ2v) is 8.82. The van der Waals surface area contributed by atoms with Crippen LogP contribution in [0.15, 0.2) is 70.3 Å². The third kappa shape index (κ3) is 3.69. The van der Waals surface area contributed by atoms with Gasteiger partial charge in [0.05, 0.1) is 0 Å². The predicted molar refractivity (Wildman–Crippen MR) is 132 cm³/mol. The van der Waals surface area contributed by atoms with E-state index in [4.69, 9.17) is 4.98 Å². The summed E-state index contributed by atoms with van der Waals surface area (Å²) in [6.45, 7) is 5.91. The van der Waals surface area contributed by atoms with Gasteiger partial charge in [-0.2, -0.15) is 4.98 Å². The molecular formula is C26H27N5O2. The van der Waals surface area contributed by atoms with Crippen LogP contribution in [0, 0.1) is 12.8 Å². The molecule has 0 saturated heterocycles. The van der Waals surface area contributed by atoms with Crippen molar-refractivity contribution >= 4 is 28.9 Å². The highest BCUT2D eigenvalue weighted by Crippen LogP contribution is 2.33. The number of rotatable bonds is 4. The average Bonchev–Trinajstić information content (AvgIpc) is 3.19. The lowest BCUT2D eigenvalue weighted by Crippen LogP contribution is -2.40. The number of allylic oxidation sites excluding steroid dienone is 1. The van der Waals surface area contributed by atoms with Gasteiger partial charge in [0.15, 0.2) is 11.2 Å². The van der Waals surface area contributed by atoms with Gasteiger partial charge in [-0.3, -0.25) is 13.9 Å². The summed E-state index contributed by atoms with van der Waals surface area (Å²) in [6.07, 6.45) is 3.77. The van der Waals surface area contributed by atoms with Crippen molar-refractivity contribution < 1.29 is 0 Å². The Bertz CT molecular complexity index is 1480. The summed E-state index contributed by atoms with van der Waals surface area (Å²) in [5.74, 6) is 1.02. The number of benzene rings is 2. The lowest BCUT2D eigenvalue weighted by Gasteiger charge is -2.33. The van der Waals surface area contributed by atoms with Gasteiger partial charge in [0.2, 0.25) is 5.95 Å². The zero-order valence-corrected chi connectivity index (χ0v) is 19.1. The topological polar surface area (TPSA) is 65.1 Å². The standard InChI is InChI=1S/C26H27N5O2/c1-18-9-7-13-21(15-18)30-16-19(2)17-31-22-23(27-25(30)31)28(3)26(33)29(24(22)32)14-8-12-20-10-5-4-6-11-20/h4-13,15,19H,14,16-17H2,1-3H3/b12-8+/t19-/m1/s1. The summed E-state index contributed by atoms with van der Waals surface area (Å²) >= 11 is 0. The van der Waals surface area contributed by atoms with Gasteiger partial charge in [0, 0.05) is 32.4 Å². The molecule has 0 fully saturated rings. The molecule has 0 aliphatic carbocycles. The molecule has 0 N–H and O–H groups in total. The van der Waals surface area contributed by atoms with Crippen molar-refractivity contribution in [2.24, 2.45) is 13.0 Å². The normalized spacial score (nSPS) is 16.0. The van der Waals surface area contributed by atoms with Crippen molar-refractivity contribution in [1.29, 1.82) is 0 Å². The fourth-order valence-corrected chi connectivity index (χ4v) is 4.54. The van der Waals surface area contributed by atoms with Crippen LogP contribution >= 0.6 is 0 Å². The maximum Gasteiger partial charge on any atom is 0.332 e. The number of hydrogen-bond donors (Lipinski definition) is 0. The van der Waals surface area contributed by atoms with E-state index < -0.39 is 0 Å². The fourth-order valence-electron chi connectivity index (χ4n) is 4.54. The van der Waals surface area contributed by atoms with Gasteiger partial charge in [0.1, 0.15) is 0 Å². The summed E-state index contributed by atoms with van der Waals surface area (Å²) in [5.41, 5.74) is 3.45. The monoisotopic (exact) mass is 441 g/mol. The molecule has 7 heteroatoms. The first-order valence-corrected chi connectivity index (χ1v) is 11.2. The summed E-state index contributed by atoms with van der Waals surface area (Å²) in [5, 5.41) is 0. The number of imidazole rings is 1. The summed E-state index contributed by atoms with van der Waals surface area (Å²) in [6, 6.07) is 18.1. The molecule has 0 saturated carbocycles. The zero-order chi connectivity index (χ0) is 23.1. The van der Waals surface area contributed by atoms with Crippen LogP contribution in [-0.2, 0) is 20.1 Å². The average molecular weight is 442 g/mol. The molecule has 2 aromatic carbocycles. The first-order valence-electron chi connectivity index (χ1n) is 11.2. The molecule has 0 unspecified atom stereocenters. The molecule has 5 rings (SSSR count). The van der Waals surface area contributed by atoms with E-state index >= 15 is 0 Å². The van der Waals surface area contributed by atoms with Crippen molar-refractivity contribution in [2.45, 2.75) is 26.9 Å². The van der Waals surface area contributed by atoms with Crippen molar-refractivity contribution in [3.05, 3.63) is 92.6 Å². The van der Waals surface area contributed by atoms with Crippen LogP contribution in [0.1, 0.15) is 18.1 Å². The van der Waals surface area contributed by atoms with E-state index in [-0.39, 0.29) is 17.8 Å². The third-order valence-corrected chi connectivity index (χ3v) is 6.15. The van der Waals surface area contributed by atoms with Crippen LogP contribution in [0.3, 0.4) is 0 Å². The summed E-state index contributed by atoms with van der Waals surface area (Å²) in [7, 11) is 1.68. The molecule has 168 valence electrons. The maximum absolute atomic E-state index is 13.5. The lowest BCUT2D eigenvalue weighted by atomic mass is 10.1. The van der Waals surface area contributed by atoms with Gasteiger partial charge in [-0.25, -0.2) is 4.79 Å². The maximum atomic E-state index is 13.5. The van der Waals surface area contributed by atoms with E-state index in [2.05, 4.69) is 36.9 Å². The van der Waals surface area contributed by atoms with Crippen LogP contribution < -0.4 is 16.1 Å². The molecule has 33 heavy (non-hydrogen) atoms. The molecule has 2 aromatic heterocycles. The Morgan fingerprint density at radius 3 is 2.61 bits per heavy atom. The Kier molecular flexibility index (Phi) is 5.24. The zero-order valence-electron chi connectivity index (χ0n) is 19.1. The van der Waals surface area contributed by atoms with E-state index in [1.54, 1.807) is 7.05 Å². The highest BCUT2D eigenvalue weighted by atomic mass is 16.2. The van der Waals surface area contributed by atoms with Gasteiger partial charge < -0.3 is 9.47 Å². The SMILES string of the molecule is Cc1cccc(N2C[C@@H](C)Cn3c2nc2c3c(=O)n(C/C=C/c3ccccc3)c(=O)n2C)c1. The number of fused-ring (bicyclic) bond motifs is 3. The first kappa shape index (κ1) is 21.0. The minimum atomic E-state index is -0.365. The van der Waals surface area contributed by atoms with Crippen molar-refractivity contribution in [1.82, 2.24) is 18.7 Å². The van der Waals surface area contributed by atoms with Crippen molar-refractivity contribution in [3.63, 3.8) is 0 Å². The minimum Gasteiger partial charge on any atom is -0.312 e. The molecule has 1 atom stereocenters. The predicted octanol–water partition coefficient (Wildman–Crippen LogP) is 3.71. The number of aryl methyl sites for hydroxylation is 2. The van der Waals surface area contributed by atoms with Gasteiger partial charge in [-0.05, 0) is 36.1 Å². The molecule has 4 aromatic rings. The van der Waals surface area contributed by atoms with Crippen LogP contribution in [0.4, 0.5) is 11.6 Å². The molecule has 1 aliphatic heterocycles. The Balaban J connectivity index is 1.64. The summed E-state index contributed by atoms with van der Waals surface area (Å²) in [4.78, 5) is 33.5. The molecular weight excluding hydrogens is 414 g/mol. The van der Waals surface area contributed by atoms with Gasteiger partial charge >= 0.3 is 5.69 Å². The Labute approximate surface area is 191 Å². The number of anilines is 2. The highest BCUT2D eigenvalue weighted by molar-refractivity contribution is 5.77. The van der Waals surface area contributed by atoms with E-state index in [0.717, 1.165) is 23.4 Å². The highest BCUT2D eigenvalue weighted by Gasteiger charge is 2.29. The van der Waals surface area contributed by atoms with Crippen LogP contribution in [0.2, 0.25) is 0 Å². The third-order valence-electron chi connectivity index (χ3n) is 6.15. The van der Waals surface area contributed by atoms with E-state index in [0.29, 0.717) is 29.6 Å². The minimum absolute atomic E-state index is 0.202.